The fourth-order valence-corrected chi connectivity index (χ4v) is 2.98. The molecule has 0 spiro atoms. The first kappa shape index (κ1) is 13.9. The van der Waals surface area contributed by atoms with Crippen LogP contribution in [-0.2, 0) is 0 Å². The standard InChI is InChI=1S/C14H15ClINO/c1-8-6-11(9(2)18-8)14(17-3)12-7-10(15)4-5-13(12)16/h4-7,14,17H,1-3H3. The van der Waals surface area contributed by atoms with E-state index in [1.54, 1.807) is 0 Å². The first-order valence-corrected chi connectivity index (χ1v) is 7.17. The fourth-order valence-electron chi connectivity index (χ4n) is 2.15. The van der Waals surface area contributed by atoms with Crippen molar-refractivity contribution in [2.24, 2.45) is 0 Å². The lowest BCUT2D eigenvalue weighted by Gasteiger charge is -2.18. The topological polar surface area (TPSA) is 25.2 Å². The summed E-state index contributed by atoms with van der Waals surface area (Å²) in [4.78, 5) is 0. The number of hydrogen-bond donors (Lipinski definition) is 1. The molecule has 18 heavy (non-hydrogen) atoms. The highest BCUT2D eigenvalue weighted by Gasteiger charge is 2.19. The van der Waals surface area contributed by atoms with Gasteiger partial charge in [-0.3, -0.25) is 0 Å². The van der Waals surface area contributed by atoms with Crippen LogP contribution in [0.25, 0.3) is 0 Å². The van der Waals surface area contributed by atoms with Gasteiger partial charge >= 0.3 is 0 Å². The molecular weight excluding hydrogens is 361 g/mol. The molecule has 0 bridgehead atoms. The third-order valence-electron chi connectivity index (χ3n) is 2.95. The Morgan fingerprint density at radius 2 is 1.94 bits per heavy atom. The van der Waals surface area contributed by atoms with Gasteiger partial charge in [0, 0.05) is 14.2 Å². The van der Waals surface area contributed by atoms with Gasteiger partial charge in [-0.2, -0.15) is 0 Å². The van der Waals surface area contributed by atoms with E-state index in [0.717, 1.165) is 22.1 Å². The molecule has 0 fully saturated rings. The van der Waals surface area contributed by atoms with Gasteiger partial charge in [-0.1, -0.05) is 11.6 Å². The van der Waals surface area contributed by atoms with Gasteiger partial charge in [0.2, 0.25) is 0 Å². The van der Waals surface area contributed by atoms with E-state index in [1.165, 1.54) is 9.13 Å². The Morgan fingerprint density at radius 3 is 2.50 bits per heavy atom. The average Bonchev–Trinajstić information content (AvgIpc) is 2.64. The van der Waals surface area contributed by atoms with E-state index < -0.39 is 0 Å². The summed E-state index contributed by atoms with van der Waals surface area (Å²) in [6.45, 7) is 3.95. The maximum Gasteiger partial charge on any atom is 0.106 e. The van der Waals surface area contributed by atoms with E-state index in [2.05, 4.69) is 34.0 Å². The minimum atomic E-state index is 0.105. The van der Waals surface area contributed by atoms with Gasteiger partial charge in [-0.05, 0) is 73.3 Å². The first-order valence-electron chi connectivity index (χ1n) is 5.72. The van der Waals surface area contributed by atoms with Crippen molar-refractivity contribution in [1.82, 2.24) is 5.32 Å². The van der Waals surface area contributed by atoms with Gasteiger partial charge in [0.15, 0.2) is 0 Å². The molecule has 0 aliphatic carbocycles. The first-order chi connectivity index (χ1) is 8.52. The van der Waals surface area contributed by atoms with E-state index in [4.69, 9.17) is 16.0 Å². The second-order valence-electron chi connectivity index (χ2n) is 4.26. The van der Waals surface area contributed by atoms with Crippen molar-refractivity contribution in [3.05, 3.63) is 55.5 Å². The Bertz CT molecular complexity index is 565. The van der Waals surface area contributed by atoms with Crippen molar-refractivity contribution >= 4 is 34.2 Å². The molecule has 2 nitrogen and oxygen atoms in total. The smallest absolute Gasteiger partial charge is 0.106 e. The zero-order valence-corrected chi connectivity index (χ0v) is 13.5. The Kier molecular flexibility index (Phi) is 4.35. The predicted octanol–water partition coefficient (Wildman–Crippen LogP) is 4.46. The molecule has 1 N–H and O–H groups in total. The second-order valence-corrected chi connectivity index (χ2v) is 5.85. The molecule has 0 aliphatic rings. The number of rotatable bonds is 3. The zero-order valence-electron chi connectivity index (χ0n) is 10.6. The van der Waals surface area contributed by atoms with Gasteiger partial charge in [0.1, 0.15) is 11.5 Å². The van der Waals surface area contributed by atoms with Crippen LogP contribution in [0.4, 0.5) is 0 Å². The number of furan rings is 1. The van der Waals surface area contributed by atoms with E-state index in [0.29, 0.717) is 0 Å². The van der Waals surface area contributed by atoms with Crippen molar-refractivity contribution in [3.8, 4) is 0 Å². The van der Waals surface area contributed by atoms with Crippen LogP contribution in [0.2, 0.25) is 5.02 Å². The van der Waals surface area contributed by atoms with Crippen LogP contribution in [0.1, 0.15) is 28.7 Å². The maximum absolute atomic E-state index is 6.10. The molecule has 0 amide bonds. The number of benzene rings is 1. The normalized spacial score (nSPS) is 12.7. The lowest BCUT2D eigenvalue weighted by molar-refractivity contribution is 0.497. The Hall–Kier alpha value is -0.520. The summed E-state index contributed by atoms with van der Waals surface area (Å²) in [5.74, 6) is 1.88. The molecule has 0 aliphatic heterocycles. The molecule has 1 unspecified atom stereocenters. The molecule has 0 saturated heterocycles. The predicted molar refractivity (Wildman–Crippen MR) is 83.3 cm³/mol. The zero-order chi connectivity index (χ0) is 13.3. The van der Waals surface area contributed by atoms with Gasteiger partial charge < -0.3 is 9.73 Å². The highest BCUT2D eigenvalue weighted by Crippen LogP contribution is 2.31. The molecule has 1 aromatic carbocycles. The highest BCUT2D eigenvalue weighted by atomic mass is 127. The summed E-state index contributed by atoms with van der Waals surface area (Å²) >= 11 is 8.43. The third-order valence-corrected chi connectivity index (χ3v) is 4.17. The molecule has 0 saturated carbocycles. The molecule has 1 atom stereocenters. The molecule has 0 radical (unpaired) electrons. The van der Waals surface area contributed by atoms with Gasteiger partial charge in [-0.25, -0.2) is 0 Å². The van der Waals surface area contributed by atoms with Crippen LogP contribution in [0.3, 0.4) is 0 Å². The number of halogens is 2. The monoisotopic (exact) mass is 375 g/mol. The molecule has 96 valence electrons. The number of nitrogens with one attached hydrogen (secondary N) is 1. The second kappa shape index (κ2) is 5.63. The molecule has 2 aromatic rings. The lowest BCUT2D eigenvalue weighted by Crippen LogP contribution is -2.19. The number of aryl methyl sites for hydroxylation is 2. The minimum absolute atomic E-state index is 0.105. The fraction of sp³-hybridized carbons (Fsp3) is 0.286. The van der Waals surface area contributed by atoms with Crippen LogP contribution < -0.4 is 5.32 Å². The number of hydrogen-bond acceptors (Lipinski definition) is 2. The van der Waals surface area contributed by atoms with Crippen molar-refractivity contribution < 1.29 is 4.42 Å². The van der Waals surface area contributed by atoms with Crippen LogP contribution in [0.15, 0.2) is 28.7 Å². The van der Waals surface area contributed by atoms with Gasteiger partial charge in [0.25, 0.3) is 0 Å². The third kappa shape index (κ3) is 2.73. The van der Waals surface area contributed by atoms with Crippen molar-refractivity contribution in [1.29, 1.82) is 0 Å². The molecule has 1 aromatic heterocycles. The summed E-state index contributed by atoms with van der Waals surface area (Å²) in [5, 5.41) is 4.09. The van der Waals surface area contributed by atoms with E-state index >= 15 is 0 Å². The SMILES string of the molecule is CNC(c1cc(Cl)ccc1I)c1cc(C)oc1C. The lowest BCUT2D eigenvalue weighted by atomic mass is 9.99. The maximum atomic E-state index is 6.10. The molecular formula is C14H15ClINO. The summed E-state index contributed by atoms with van der Waals surface area (Å²) < 4.78 is 6.80. The van der Waals surface area contributed by atoms with Crippen LogP contribution in [0.5, 0.6) is 0 Å². The van der Waals surface area contributed by atoms with Crippen LogP contribution in [-0.4, -0.2) is 7.05 Å². The molecule has 4 heteroatoms. The van der Waals surface area contributed by atoms with Crippen molar-refractivity contribution in [2.45, 2.75) is 19.9 Å². The summed E-state index contributed by atoms with van der Waals surface area (Å²) in [6.07, 6.45) is 0. The van der Waals surface area contributed by atoms with Crippen molar-refractivity contribution in [3.63, 3.8) is 0 Å². The largest absolute Gasteiger partial charge is 0.466 e. The quantitative estimate of drug-likeness (QED) is 0.801. The summed E-state index contributed by atoms with van der Waals surface area (Å²) in [6, 6.07) is 8.13. The Morgan fingerprint density at radius 1 is 1.22 bits per heavy atom. The van der Waals surface area contributed by atoms with Gasteiger partial charge in [0.05, 0.1) is 6.04 Å². The Balaban J connectivity index is 2.51. The highest BCUT2D eigenvalue weighted by molar-refractivity contribution is 14.1. The van der Waals surface area contributed by atoms with Crippen LogP contribution in [0, 0.1) is 17.4 Å². The molecule has 2 rings (SSSR count). The molecule has 1 heterocycles. The summed E-state index contributed by atoms with van der Waals surface area (Å²) in [7, 11) is 1.95. The average molecular weight is 376 g/mol. The van der Waals surface area contributed by atoms with Crippen molar-refractivity contribution in [2.75, 3.05) is 7.05 Å². The summed E-state index contributed by atoms with van der Waals surface area (Å²) in [5.41, 5.74) is 2.34. The van der Waals surface area contributed by atoms with E-state index in [1.807, 2.05) is 39.1 Å². The van der Waals surface area contributed by atoms with Crippen LogP contribution >= 0.6 is 34.2 Å². The van der Waals surface area contributed by atoms with E-state index in [9.17, 15) is 0 Å². The van der Waals surface area contributed by atoms with Gasteiger partial charge in [-0.15, -0.1) is 0 Å². The minimum Gasteiger partial charge on any atom is -0.466 e. The van der Waals surface area contributed by atoms with E-state index in [-0.39, 0.29) is 6.04 Å². The Labute approximate surface area is 126 Å².